The summed E-state index contributed by atoms with van der Waals surface area (Å²) >= 11 is 15.1. The van der Waals surface area contributed by atoms with Gasteiger partial charge in [-0.05, 0) is 49.0 Å². The number of benzene rings is 2. The van der Waals surface area contributed by atoms with Gasteiger partial charge in [-0.25, -0.2) is 0 Å². The molecule has 0 fully saturated rings. The van der Waals surface area contributed by atoms with Crippen LogP contribution in [-0.4, -0.2) is 9.55 Å². The van der Waals surface area contributed by atoms with Crippen LogP contribution < -0.4 is 0 Å². The summed E-state index contributed by atoms with van der Waals surface area (Å²) in [5.74, 6) is 0. The number of hydrogen-bond donors (Lipinski definition) is 1. The van der Waals surface area contributed by atoms with Gasteiger partial charge in [0, 0.05) is 4.47 Å². The van der Waals surface area contributed by atoms with Crippen LogP contribution in [0, 0.1) is 4.77 Å². The van der Waals surface area contributed by atoms with Crippen LogP contribution in [0.3, 0.4) is 0 Å². The van der Waals surface area contributed by atoms with Crippen LogP contribution in [0.1, 0.15) is 18.5 Å². The van der Waals surface area contributed by atoms with Crippen LogP contribution in [0.25, 0.3) is 11.0 Å². The van der Waals surface area contributed by atoms with E-state index >= 15 is 0 Å². The Kier molecular flexibility index (Phi) is 3.71. The molecule has 3 aromatic rings. The number of hydrogen-bond acceptors (Lipinski definition) is 1. The Balaban J connectivity index is 2.19. The van der Waals surface area contributed by atoms with Crippen molar-refractivity contribution in [2.24, 2.45) is 0 Å². The first-order chi connectivity index (χ1) is 9.58. The van der Waals surface area contributed by atoms with Crippen LogP contribution in [0.15, 0.2) is 46.9 Å². The number of para-hydroxylation sites is 1. The molecule has 1 unspecified atom stereocenters. The van der Waals surface area contributed by atoms with Gasteiger partial charge in [0.15, 0.2) is 4.77 Å². The molecule has 0 radical (unpaired) electrons. The summed E-state index contributed by atoms with van der Waals surface area (Å²) in [5, 5.41) is 0.690. The monoisotopic (exact) mass is 366 g/mol. The summed E-state index contributed by atoms with van der Waals surface area (Å²) in [5.41, 5.74) is 3.12. The molecule has 1 N–H and O–H groups in total. The van der Waals surface area contributed by atoms with Crippen molar-refractivity contribution in [1.29, 1.82) is 0 Å². The first-order valence-corrected chi connectivity index (χ1v) is 7.80. The molecule has 3 rings (SSSR count). The summed E-state index contributed by atoms with van der Waals surface area (Å²) in [7, 11) is 0. The third kappa shape index (κ3) is 2.32. The Morgan fingerprint density at radius 3 is 2.60 bits per heavy atom. The second kappa shape index (κ2) is 5.35. The number of nitrogens with zero attached hydrogens (tertiary/aromatic N) is 1. The molecule has 1 atom stereocenters. The Morgan fingerprint density at radius 2 is 1.90 bits per heavy atom. The van der Waals surface area contributed by atoms with Crippen LogP contribution in [0.4, 0.5) is 0 Å². The lowest BCUT2D eigenvalue weighted by molar-refractivity contribution is 0.649. The molecule has 0 saturated heterocycles. The normalized spacial score (nSPS) is 12.8. The molecule has 102 valence electrons. The molecule has 1 aromatic heterocycles. The van der Waals surface area contributed by atoms with Crippen molar-refractivity contribution >= 4 is 50.8 Å². The fourth-order valence-electron chi connectivity index (χ4n) is 2.39. The second-order valence-electron chi connectivity index (χ2n) is 4.66. The lowest BCUT2D eigenvalue weighted by Crippen LogP contribution is -2.06. The van der Waals surface area contributed by atoms with E-state index in [0.717, 1.165) is 15.5 Å². The minimum absolute atomic E-state index is 0.141. The number of imidazole rings is 1. The second-order valence-corrected chi connectivity index (χ2v) is 6.37. The summed E-state index contributed by atoms with van der Waals surface area (Å²) in [6.45, 7) is 2.13. The van der Waals surface area contributed by atoms with Gasteiger partial charge in [-0.15, -0.1) is 0 Å². The van der Waals surface area contributed by atoms with E-state index in [9.17, 15) is 0 Å². The lowest BCUT2D eigenvalue weighted by atomic mass is 10.1. The Hall–Kier alpha value is -1.10. The van der Waals surface area contributed by atoms with Crippen molar-refractivity contribution in [3.8, 4) is 0 Å². The minimum atomic E-state index is 0.141. The predicted molar refractivity (Wildman–Crippen MR) is 90.1 cm³/mol. The highest BCUT2D eigenvalue weighted by molar-refractivity contribution is 9.10. The zero-order chi connectivity index (χ0) is 14.3. The molecule has 0 amide bonds. The van der Waals surface area contributed by atoms with Gasteiger partial charge < -0.3 is 9.55 Å². The van der Waals surface area contributed by atoms with Gasteiger partial charge in [0.1, 0.15) is 0 Å². The molecule has 0 aliphatic rings. The fraction of sp³-hybridized carbons (Fsp3) is 0.133. The maximum Gasteiger partial charge on any atom is 0.178 e. The van der Waals surface area contributed by atoms with Gasteiger partial charge in [0.2, 0.25) is 0 Å². The summed E-state index contributed by atoms with van der Waals surface area (Å²) in [4.78, 5) is 3.19. The molecule has 0 spiro atoms. The largest absolute Gasteiger partial charge is 0.329 e. The molecule has 0 saturated carbocycles. The SMILES string of the molecule is CC(c1ccc(Br)cc1)n1c(=S)[nH]c2c(Cl)cccc21. The maximum atomic E-state index is 6.22. The van der Waals surface area contributed by atoms with Crippen LogP contribution in [0.5, 0.6) is 0 Å². The van der Waals surface area contributed by atoms with Crippen LogP contribution in [0.2, 0.25) is 5.02 Å². The van der Waals surface area contributed by atoms with Gasteiger partial charge in [-0.2, -0.15) is 0 Å². The van der Waals surface area contributed by atoms with Crippen molar-refractivity contribution in [1.82, 2.24) is 9.55 Å². The summed E-state index contributed by atoms with van der Waals surface area (Å²) < 4.78 is 3.85. The highest BCUT2D eigenvalue weighted by atomic mass is 79.9. The van der Waals surface area contributed by atoms with Gasteiger partial charge in [0.05, 0.1) is 22.1 Å². The first kappa shape index (κ1) is 13.9. The van der Waals surface area contributed by atoms with Crippen LogP contribution in [-0.2, 0) is 0 Å². The van der Waals surface area contributed by atoms with Gasteiger partial charge >= 0.3 is 0 Å². The number of aromatic nitrogens is 2. The van der Waals surface area contributed by atoms with E-state index in [1.165, 1.54) is 5.56 Å². The van der Waals surface area contributed by atoms with E-state index in [2.05, 4.69) is 44.5 Å². The maximum absolute atomic E-state index is 6.22. The topological polar surface area (TPSA) is 20.7 Å². The third-order valence-corrected chi connectivity index (χ3v) is 4.58. The lowest BCUT2D eigenvalue weighted by Gasteiger charge is -2.15. The van der Waals surface area contributed by atoms with Crippen molar-refractivity contribution in [3.05, 3.63) is 62.3 Å². The number of nitrogens with one attached hydrogen (secondary N) is 1. The quantitative estimate of drug-likeness (QED) is 0.574. The van der Waals surface area contributed by atoms with Crippen molar-refractivity contribution < 1.29 is 0 Å². The first-order valence-electron chi connectivity index (χ1n) is 6.22. The molecule has 0 aliphatic heterocycles. The van der Waals surface area contributed by atoms with E-state index in [0.29, 0.717) is 9.79 Å². The highest BCUT2D eigenvalue weighted by Crippen LogP contribution is 2.28. The van der Waals surface area contributed by atoms with Gasteiger partial charge in [-0.3, -0.25) is 0 Å². The molecule has 2 nitrogen and oxygen atoms in total. The third-order valence-electron chi connectivity index (χ3n) is 3.44. The van der Waals surface area contributed by atoms with Gasteiger partial charge in [0.25, 0.3) is 0 Å². The predicted octanol–water partition coefficient (Wildman–Crippen LogP) is 5.72. The van der Waals surface area contributed by atoms with Crippen LogP contribution >= 0.6 is 39.7 Å². The Bertz CT molecular complexity index is 820. The summed E-state index contributed by atoms with van der Waals surface area (Å²) in [6.07, 6.45) is 0. The molecular formula is C15H12BrClN2S. The molecule has 1 heterocycles. The number of halogens is 2. The van der Waals surface area contributed by atoms with E-state index in [1.54, 1.807) is 0 Å². The van der Waals surface area contributed by atoms with Crippen molar-refractivity contribution in [2.75, 3.05) is 0 Å². The van der Waals surface area contributed by atoms with Crippen molar-refractivity contribution in [3.63, 3.8) is 0 Å². The van der Waals surface area contributed by atoms with E-state index in [4.69, 9.17) is 23.8 Å². The molecule has 2 aromatic carbocycles. The van der Waals surface area contributed by atoms with E-state index in [1.807, 2.05) is 30.3 Å². The molecule has 20 heavy (non-hydrogen) atoms. The Morgan fingerprint density at radius 1 is 1.20 bits per heavy atom. The highest BCUT2D eigenvalue weighted by Gasteiger charge is 2.14. The standard InChI is InChI=1S/C15H12BrClN2S/c1-9(10-5-7-11(16)8-6-10)19-13-4-2-3-12(17)14(13)18-15(19)20/h2-9H,1H3,(H,18,20). The van der Waals surface area contributed by atoms with Gasteiger partial charge in [-0.1, -0.05) is 45.7 Å². The van der Waals surface area contributed by atoms with Crippen molar-refractivity contribution in [2.45, 2.75) is 13.0 Å². The zero-order valence-electron chi connectivity index (χ0n) is 10.7. The average molecular weight is 368 g/mol. The summed E-state index contributed by atoms with van der Waals surface area (Å²) in [6, 6.07) is 14.3. The number of aromatic amines is 1. The Labute approximate surface area is 135 Å². The molecule has 5 heteroatoms. The number of H-pyrrole nitrogens is 1. The number of rotatable bonds is 2. The number of fused-ring (bicyclic) bond motifs is 1. The molecule has 0 aliphatic carbocycles. The van der Waals surface area contributed by atoms with E-state index in [-0.39, 0.29) is 6.04 Å². The van der Waals surface area contributed by atoms with E-state index < -0.39 is 0 Å². The molecular weight excluding hydrogens is 356 g/mol. The molecule has 0 bridgehead atoms. The average Bonchev–Trinajstić information content (AvgIpc) is 2.77. The smallest absolute Gasteiger partial charge is 0.178 e. The minimum Gasteiger partial charge on any atom is -0.329 e. The fourth-order valence-corrected chi connectivity index (χ4v) is 3.23. The zero-order valence-corrected chi connectivity index (χ0v) is 13.9.